The van der Waals surface area contributed by atoms with E-state index in [0.717, 1.165) is 37.3 Å². The number of benzene rings is 2. The minimum Gasteiger partial charge on any atom is -0.348 e. The maximum Gasteiger partial charge on any atom is 0.280 e. The first kappa shape index (κ1) is 41.0. The smallest absolute Gasteiger partial charge is 0.280 e. The Hall–Kier alpha value is -4.81. The fraction of sp³-hybridized carbons (Fsp3) is 0.450. The van der Waals surface area contributed by atoms with Crippen LogP contribution in [-0.2, 0) is 26.9 Å². The van der Waals surface area contributed by atoms with Gasteiger partial charge < -0.3 is 11.1 Å². The molecule has 12 nitrogen and oxygen atoms in total. The van der Waals surface area contributed by atoms with Crippen molar-refractivity contribution < 1.29 is 0 Å². The first-order valence-electron chi connectivity index (χ1n) is 17.7. The summed E-state index contributed by atoms with van der Waals surface area (Å²) in [4.78, 5) is 33.0. The van der Waals surface area contributed by atoms with E-state index >= 15 is 0 Å². The number of imidazole rings is 2. The fourth-order valence-corrected chi connectivity index (χ4v) is 6.97. The third-order valence-electron chi connectivity index (χ3n) is 9.67. The summed E-state index contributed by atoms with van der Waals surface area (Å²) in [5.41, 5.74) is 12.1. The van der Waals surface area contributed by atoms with E-state index in [-0.39, 0.29) is 49.1 Å². The first-order valence-corrected chi connectivity index (χ1v) is 18.1. The van der Waals surface area contributed by atoms with Gasteiger partial charge in [0.15, 0.2) is 11.0 Å². The number of hydrogen-bond donors (Lipinski definition) is 2. The third-order valence-corrected chi connectivity index (χ3v) is 10.00. The molecule has 4 heterocycles. The molecule has 0 saturated heterocycles. The molecular formula is C40H55ClN10O2. The van der Waals surface area contributed by atoms with Crippen molar-refractivity contribution in [3.63, 3.8) is 0 Å². The summed E-state index contributed by atoms with van der Waals surface area (Å²) in [5, 5.41) is 12.4. The van der Waals surface area contributed by atoms with E-state index in [9.17, 15) is 9.59 Å². The van der Waals surface area contributed by atoms with E-state index in [1.807, 2.05) is 13.8 Å². The number of fused-ring (bicyclic) bond motifs is 4. The predicted octanol–water partition coefficient (Wildman–Crippen LogP) is 7.54. The average Bonchev–Trinajstić information content (AvgIpc) is 3.76. The van der Waals surface area contributed by atoms with Crippen molar-refractivity contribution in [1.29, 1.82) is 0 Å². The van der Waals surface area contributed by atoms with Crippen LogP contribution in [0, 0.1) is 0 Å². The van der Waals surface area contributed by atoms with Crippen molar-refractivity contribution in [3.8, 4) is 0 Å². The van der Waals surface area contributed by atoms with Crippen molar-refractivity contribution in [2.24, 2.45) is 19.8 Å². The van der Waals surface area contributed by atoms with Gasteiger partial charge >= 0.3 is 0 Å². The molecule has 2 unspecified atom stereocenters. The molecule has 0 aliphatic heterocycles. The largest absolute Gasteiger partial charge is 0.348 e. The highest BCUT2D eigenvalue weighted by Crippen LogP contribution is 2.32. The molecule has 284 valence electrons. The minimum atomic E-state index is -0.186. The van der Waals surface area contributed by atoms with Gasteiger partial charge in [-0.05, 0) is 72.4 Å². The van der Waals surface area contributed by atoms with Gasteiger partial charge in [-0.1, -0.05) is 91.1 Å². The average molecular weight is 743 g/mol. The number of hydrogen-bond acceptors (Lipinski definition) is 8. The van der Waals surface area contributed by atoms with Gasteiger partial charge in [-0.15, -0.1) is 10.2 Å². The van der Waals surface area contributed by atoms with Crippen LogP contribution in [-0.4, -0.2) is 38.3 Å². The van der Waals surface area contributed by atoms with Gasteiger partial charge in [-0.25, -0.2) is 19.0 Å². The van der Waals surface area contributed by atoms with E-state index in [4.69, 9.17) is 17.3 Å². The molecule has 3 N–H and O–H groups in total. The van der Waals surface area contributed by atoms with Gasteiger partial charge in [0.25, 0.3) is 11.1 Å². The maximum absolute atomic E-state index is 12.7. The molecule has 2 aliphatic rings. The molecule has 2 aliphatic carbocycles. The van der Waals surface area contributed by atoms with E-state index in [0.29, 0.717) is 23.0 Å². The van der Waals surface area contributed by atoms with Crippen LogP contribution < -0.4 is 22.2 Å². The standard InChI is InChI=1S/C19H23N5O.C10H13N.C9H11ClN4O.2CH4/c1-12(2)17-20-11-16-18(25)23(3)19(22-24(16)17)21-15-10-6-8-13-7-4-5-9-14(13)15;11-10-7-3-5-8-4-1-2-6-9(8)10;1-5(2)7-11-4-6-8(15)13(3)9(10)12-14(6)7;;/h4-5,7,9,11-12,15H,6,8,10H2,1-3H3,(H,21,22);1-2,4,6,10H,3,5,7,11H2;4-5H,1-3H3;2*1H4. The Morgan fingerprint density at radius 3 is 1.79 bits per heavy atom. The molecule has 8 rings (SSSR count). The van der Waals surface area contributed by atoms with Gasteiger partial charge in [-0.3, -0.25) is 18.7 Å². The van der Waals surface area contributed by atoms with E-state index in [1.54, 1.807) is 29.4 Å². The number of anilines is 1. The van der Waals surface area contributed by atoms with Crippen LogP contribution in [0.1, 0.15) is 126 Å². The molecule has 0 fully saturated rings. The predicted molar refractivity (Wildman–Crippen MR) is 215 cm³/mol. The van der Waals surface area contributed by atoms with Crippen molar-refractivity contribution in [2.75, 3.05) is 5.32 Å². The number of aryl methyl sites for hydroxylation is 2. The summed E-state index contributed by atoms with van der Waals surface area (Å²) >= 11 is 5.83. The van der Waals surface area contributed by atoms with Gasteiger partial charge in [0.05, 0.1) is 18.4 Å². The van der Waals surface area contributed by atoms with Crippen LogP contribution in [0.15, 0.2) is 70.5 Å². The quantitative estimate of drug-likeness (QED) is 0.189. The molecule has 4 aromatic heterocycles. The van der Waals surface area contributed by atoms with Crippen molar-refractivity contribution >= 4 is 28.6 Å². The Bertz CT molecular complexity index is 2280. The Kier molecular flexibility index (Phi) is 13.4. The van der Waals surface area contributed by atoms with Gasteiger partial charge in [0.2, 0.25) is 11.2 Å². The SMILES string of the molecule is C.C.CC(C)c1ncc2c(=O)n(C)c(Cl)nn12.CC(C)c1ncc2c(=O)n(C)c(NC3CCCc4ccccc43)nn12.NC1CCCc2ccccc21. The molecule has 0 saturated carbocycles. The Morgan fingerprint density at radius 1 is 0.736 bits per heavy atom. The zero-order valence-corrected chi connectivity index (χ0v) is 30.9. The number of rotatable bonds is 4. The molecule has 6 aromatic rings. The lowest BCUT2D eigenvalue weighted by molar-refractivity contribution is 0.570. The van der Waals surface area contributed by atoms with Crippen LogP contribution in [0.2, 0.25) is 5.28 Å². The van der Waals surface area contributed by atoms with E-state index in [2.05, 4.69) is 87.9 Å². The highest BCUT2D eigenvalue weighted by atomic mass is 35.5. The van der Waals surface area contributed by atoms with Gasteiger partial charge in [-0.2, -0.15) is 0 Å². The summed E-state index contributed by atoms with van der Waals surface area (Å²) in [6, 6.07) is 17.5. The van der Waals surface area contributed by atoms with Crippen LogP contribution in [0.25, 0.3) is 11.0 Å². The third kappa shape index (κ3) is 8.39. The van der Waals surface area contributed by atoms with Crippen LogP contribution in [0.3, 0.4) is 0 Å². The summed E-state index contributed by atoms with van der Waals surface area (Å²) in [6.45, 7) is 8.08. The van der Waals surface area contributed by atoms with Gasteiger partial charge in [0.1, 0.15) is 11.6 Å². The second-order valence-corrected chi connectivity index (χ2v) is 14.3. The lowest BCUT2D eigenvalue weighted by Gasteiger charge is -2.27. The number of halogens is 1. The second kappa shape index (κ2) is 17.3. The molecule has 53 heavy (non-hydrogen) atoms. The Labute approximate surface area is 317 Å². The van der Waals surface area contributed by atoms with E-state index in [1.165, 1.54) is 50.4 Å². The molecule has 2 atom stereocenters. The topological polar surface area (TPSA) is 142 Å². The second-order valence-electron chi connectivity index (χ2n) is 13.9. The molecule has 13 heteroatoms. The van der Waals surface area contributed by atoms with Crippen molar-refractivity contribution in [2.45, 2.75) is 105 Å². The lowest BCUT2D eigenvalue weighted by Crippen LogP contribution is -2.28. The number of nitrogens with zero attached hydrogens (tertiary/aromatic N) is 8. The monoisotopic (exact) mass is 742 g/mol. The van der Waals surface area contributed by atoms with Crippen LogP contribution in [0.4, 0.5) is 5.95 Å². The Balaban J connectivity index is 0.000000191. The van der Waals surface area contributed by atoms with Crippen LogP contribution in [0.5, 0.6) is 0 Å². The van der Waals surface area contributed by atoms with E-state index < -0.39 is 0 Å². The highest BCUT2D eigenvalue weighted by molar-refractivity contribution is 6.28. The molecule has 2 aromatic carbocycles. The van der Waals surface area contributed by atoms with Crippen molar-refractivity contribution in [1.82, 2.24) is 38.3 Å². The summed E-state index contributed by atoms with van der Waals surface area (Å²) < 4.78 is 6.07. The number of aromatic nitrogens is 8. The maximum atomic E-state index is 12.7. The molecule has 0 bridgehead atoms. The number of nitrogens with two attached hydrogens (primary N) is 1. The van der Waals surface area contributed by atoms with Crippen molar-refractivity contribution in [3.05, 3.63) is 121 Å². The minimum absolute atomic E-state index is 0. The molecular weight excluding hydrogens is 688 g/mol. The summed E-state index contributed by atoms with van der Waals surface area (Å²) in [7, 11) is 3.34. The lowest BCUT2D eigenvalue weighted by atomic mass is 9.88. The molecule has 0 radical (unpaired) electrons. The summed E-state index contributed by atoms with van der Waals surface area (Å²) in [6.07, 6.45) is 10.0. The number of nitrogens with one attached hydrogen (secondary N) is 1. The zero-order chi connectivity index (χ0) is 36.4. The first-order chi connectivity index (χ1) is 24.5. The van der Waals surface area contributed by atoms with Crippen LogP contribution >= 0.6 is 11.6 Å². The zero-order valence-electron chi connectivity index (χ0n) is 30.2. The summed E-state index contributed by atoms with van der Waals surface area (Å²) in [5.74, 6) is 2.53. The highest BCUT2D eigenvalue weighted by Gasteiger charge is 2.23. The fourth-order valence-electron chi connectivity index (χ4n) is 6.82. The molecule has 0 spiro atoms. The normalized spacial score (nSPS) is 16.0. The van der Waals surface area contributed by atoms with Gasteiger partial charge in [0, 0.05) is 32.0 Å². The molecule has 0 amide bonds. The Morgan fingerprint density at radius 2 is 1.23 bits per heavy atom.